The van der Waals surface area contributed by atoms with Crippen LogP contribution in [0.1, 0.15) is 16.7 Å². The van der Waals surface area contributed by atoms with E-state index >= 15 is 0 Å². The van der Waals surface area contributed by atoms with Crippen molar-refractivity contribution in [1.29, 1.82) is 0 Å². The Bertz CT molecular complexity index is 793. The van der Waals surface area contributed by atoms with Crippen molar-refractivity contribution < 1.29 is 4.79 Å². The Balaban J connectivity index is 1.59. The van der Waals surface area contributed by atoms with Gasteiger partial charge in [0.1, 0.15) is 0 Å². The van der Waals surface area contributed by atoms with Crippen LogP contribution in [-0.2, 0) is 17.8 Å². The van der Waals surface area contributed by atoms with Gasteiger partial charge in [0.15, 0.2) is 0 Å². The van der Waals surface area contributed by atoms with Gasteiger partial charge in [-0.1, -0.05) is 60.2 Å². The largest absolute Gasteiger partial charge is 0.323 e. The first-order chi connectivity index (χ1) is 11.2. The van der Waals surface area contributed by atoms with Crippen LogP contribution in [0.4, 0.5) is 5.69 Å². The van der Waals surface area contributed by atoms with Gasteiger partial charge >= 0.3 is 0 Å². The summed E-state index contributed by atoms with van der Waals surface area (Å²) in [6.45, 7) is 2.71. The lowest BCUT2D eigenvalue weighted by Gasteiger charge is -2.04. The van der Waals surface area contributed by atoms with Crippen LogP contribution in [0.2, 0.25) is 0 Å². The molecule has 0 radical (unpaired) electrons. The highest BCUT2D eigenvalue weighted by Crippen LogP contribution is 2.10. The summed E-state index contributed by atoms with van der Waals surface area (Å²) >= 11 is 0. The van der Waals surface area contributed by atoms with Crippen molar-refractivity contribution in [1.82, 2.24) is 9.78 Å². The molecule has 2 aromatic carbocycles. The van der Waals surface area contributed by atoms with Gasteiger partial charge in [0, 0.05) is 6.20 Å². The zero-order valence-corrected chi connectivity index (χ0v) is 13.1. The second-order valence-electron chi connectivity index (χ2n) is 5.63. The average molecular weight is 305 g/mol. The molecule has 4 nitrogen and oxygen atoms in total. The molecule has 1 N–H and O–H groups in total. The summed E-state index contributed by atoms with van der Waals surface area (Å²) in [7, 11) is 0. The molecule has 0 aliphatic carbocycles. The second kappa shape index (κ2) is 6.92. The fourth-order valence-electron chi connectivity index (χ4n) is 2.50. The first-order valence-corrected chi connectivity index (χ1v) is 7.61. The summed E-state index contributed by atoms with van der Waals surface area (Å²) in [6, 6.07) is 18.1. The number of nitrogens with zero attached hydrogens (tertiary/aromatic N) is 2. The molecule has 0 aliphatic heterocycles. The monoisotopic (exact) mass is 305 g/mol. The minimum Gasteiger partial charge on any atom is -0.323 e. The lowest BCUT2D eigenvalue weighted by molar-refractivity contribution is -0.115. The molecule has 3 rings (SSSR count). The number of rotatable bonds is 5. The van der Waals surface area contributed by atoms with Crippen LogP contribution < -0.4 is 5.32 Å². The van der Waals surface area contributed by atoms with E-state index < -0.39 is 0 Å². The fourth-order valence-corrected chi connectivity index (χ4v) is 2.50. The van der Waals surface area contributed by atoms with Crippen LogP contribution in [0.3, 0.4) is 0 Å². The van der Waals surface area contributed by atoms with E-state index in [1.54, 1.807) is 6.20 Å². The number of carbonyl (C=O) groups is 1. The van der Waals surface area contributed by atoms with Crippen LogP contribution in [0, 0.1) is 6.92 Å². The van der Waals surface area contributed by atoms with Gasteiger partial charge in [0.2, 0.25) is 5.91 Å². The molecule has 0 spiro atoms. The van der Waals surface area contributed by atoms with Crippen molar-refractivity contribution in [2.75, 3.05) is 5.32 Å². The average Bonchev–Trinajstić information content (AvgIpc) is 2.95. The molecule has 1 amide bonds. The quantitative estimate of drug-likeness (QED) is 0.785. The Morgan fingerprint density at radius 3 is 2.65 bits per heavy atom. The number of hydrogen-bond donors (Lipinski definition) is 1. The van der Waals surface area contributed by atoms with E-state index in [1.807, 2.05) is 60.3 Å². The molecule has 0 saturated heterocycles. The van der Waals surface area contributed by atoms with Gasteiger partial charge in [-0.15, -0.1) is 0 Å². The first kappa shape index (κ1) is 15.0. The third kappa shape index (κ3) is 4.30. The highest BCUT2D eigenvalue weighted by Gasteiger charge is 2.06. The van der Waals surface area contributed by atoms with E-state index in [0.717, 1.165) is 16.8 Å². The summed E-state index contributed by atoms with van der Waals surface area (Å²) < 4.78 is 1.82. The maximum Gasteiger partial charge on any atom is 0.228 e. The molecule has 0 atom stereocenters. The van der Waals surface area contributed by atoms with Gasteiger partial charge in [0.05, 0.1) is 24.8 Å². The van der Waals surface area contributed by atoms with Crippen molar-refractivity contribution in [3.63, 3.8) is 0 Å². The number of hydrogen-bond acceptors (Lipinski definition) is 2. The molecule has 0 unspecified atom stereocenters. The van der Waals surface area contributed by atoms with E-state index in [-0.39, 0.29) is 5.91 Å². The van der Waals surface area contributed by atoms with Crippen LogP contribution in [0.15, 0.2) is 67.0 Å². The van der Waals surface area contributed by atoms with Gasteiger partial charge < -0.3 is 5.32 Å². The highest BCUT2D eigenvalue weighted by atomic mass is 16.1. The molecule has 4 heteroatoms. The van der Waals surface area contributed by atoms with Crippen LogP contribution in [-0.4, -0.2) is 15.7 Å². The van der Waals surface area contributed by atoms with Crippen LogP contribution in [0.25, 0.3) is 0 Å². The Hall–Kier alpha value is -2.88. The van der Waals surface area contributed by atoms with Gasteiger partial charge in [-0.25, -0.2) is 0 Å². The zero-order chi connectivity index (χ0) is 16.1. The molecular weight excluding hydrogens is 286 g/mol. The summed E-state index contributed by atoms with van der Waals surface area (Å²) in [5.41, 5.74) is 4.07. The SMILES string of the molecule is Cc1cccc(CC(=O)Nc2cnn(Cc3ccccc3)c2)c1. The minimum absolute atomic E-state index is 0.0325. The van der Waals surface area contributed by atoms with E-state index in [0.29, 0.717) is 13.0 Å². The molecular formula is C19H19N3O. The number of anilines is 1. The normalized spacial score (nSPS) is 10.5. The van der Waals surface area contributed by atoms with E-state index in [4.69, 9.17) is 0 Å². The molecule has 3 aromatic rings. The smallest absolute Gasteiger partial charge is 0.228 e. The van der Waals surface area contributed by atoms with Gasteiger partial charge in [-0.2, -0.15) is 5.10 Å². The number of benzene rings is 2. The Labute approximate surface area is 135 Å². The molecule has 0 bridgehead atoms. The fraction of sp³-hybridized carbons (Fsp3) is 0.158. The van der Waals surface area contributed by atoms with E-state index in [1.165, 1.54) is 5.56 Å². The molecule has 0 aliphatic rings. The molecule has 1 aromatic heterocycles. The number of amides is 1. The lowest BCUT2D eigenvalue weighted by atomic mass is 10.1. The van der Waals surface area contributed by atoms with Crippen molar-refractivity contribution in [3.8, 4) is 0 Å². The maximum atomic E-state index is 12.1. The van der Waals surface area contributed by atoms with Crippen LogP contribution in [0.5, 0.6) is 0 Å². The first-order valence-electron chi connectivity index (χ1n) is 7.61. The van der Waals surface area contributed by atoms with Gasteiger partial charge in [-0.3, -0.25) is 9.48 Å². The molecule has 23 heavy (non-hydrogen) atoms. The Morgan fingerprint density at radius 2 is 1.87 bits per heavy atom. The molecule has 0 fully saturated rings. The maximum absolute atomic E-state index is 12.1. The number of carbonyl (C=O) groups excluding carboxylic acids is 1. The zero-order valence-electron chi connectivity index (χ0n) is 13.1. The van der Waals surface area contributed by atoms with E-state index in [9.17, 15) is 4.79 Å². The third-order valence-corrected chi connectivity index (χ3v) is 3.55. The third-order valence-electron chi connectivity index (χ3n) is 3.55. The summed E-state index contributed by atoms with van der Waals surface area (Å²) in [6.07, 6.45) is 3.89. The Morgan fingerprint density at radius 1 is 1.09 bits per heavy atom. The lowest BCUT2D eigenvalue weighted by Crippen LogP contribution is -2.14. The summed E-state index contributed by atoms with van der Waals surface area (Å²) in [4.78, 5) is 12.1. The highest BCUT2D eigenvalue weighted by molar-refractivity contribution is 5.92. The van der Waals surface area contributed by atoms with E-state index in [2.05, 4.69) is 22.5 Å². The molecule has 1 heterocycles. The van der Waals surface area contributed by atoms with Gasteiger partial charge in [-0.05, 0) is 18.1 Å². The van der Waals surface area contributed by atoms with Crippen molar-refractivity contribution in [2.45, 2.75) is 19.9 Å². The van der Waals surface area contributed by atoms with Gasteiger partial charge in [0.25, 0.3) is 0 Å². The number of nitrogens with one attached hydrogen (secondary N) is 1. The van der Waals surface area contributed by atoms with Crippen molar-refractivity contribution >= 4 is 11.6 Å². The molecule has 0 saturated carbocycles. The standard InChI is InChI=1S/C19H19N3O/c1-15-6-5-9-17(10-15)11-19(23)21-18-12-20-22(14-18)13-16-7-3-2-4-8-16/h2-10,12,14H,11,13H2,1H3,(H,21,23). The topological polar surface area (TPSA) is 46.9 Å². The van der Waals surface area contributed by atoms with Crippen LogP contribution >= 0.6 is 0 Å². The number of aryl methyl sites for hydroxylation is 1. The van der Waals surface area contributed by atoms with Crippen molar-refractivity contribution in [2.24, 2.45) is 0 Å². The second-order valence-corrected chi connectivity index (χ2v) is 5.63. The minimum atomic E-state index is -0.0325. The summed E-state index contributed by atoms with van der Waals surface area (Å²) in [5, 5.41) is 7.18. The predicted molar refractivity (Wildman–Crippen MR) is 91.3 cm³/mol. The Kier molecular flexibility index (Phi) is 4.52. The molecule has 116 valence electrons. The summed E-state index contributed by atoms with van der Waals surface area (Å²) in [5.74, 6) is -0.0325. The van der Waals surface area contributed by atoms with Crippen molar-refractivity contribution in [3.05, 3.63) is 83.7 Å². The number of aromatic nitrogens is 2. The predicted octanol–water partition coefficient (Wildman–Crippen LogP) is 3.42.